The molecule has 112 valence electrons. The number of rotatable bonds is 4. The van der Waals surface area contributed by atoms with Crippen LogP contribution in [0.5, 0.6) is 0 Å². The lowest BCUT2D eigenvalue weighted by Gasteiger charge is -2.24. The SMILES string of the molecule is C[C@H](NCc1ccnc2ccccc12)C1CCCCCC1. The first kappa shape index (κ1) is 14.5. The molecule has 1 N–H and O–H groups in total. The number of fused-ring (bicyclic) bond motifs is 1. The maximum absolute atomic E-state index is 4.44. The maximum atomic E-state index is 4.44. The highest BCUT2D eigenvalue weighted by Crippen LogP contribution is 2.26. The molecule has 21 heavy (non-hydrogen) atoms. The van der Waals surface area contributed by atoms with Crippen LogP contribution in [0.3, 0.4) is 0 Å². The van der Waals surface area contributed by atoms with Gasteiger partial charge in [-0.2, -0.15) is 0 Å². The molecule has 2 nitrogen and oxygen atoms in total. The van der Waals surface area contributed by atoms with Crippen molar-refractivity contribution in [1.29, 1.82) is 0 Å². The van der Waals surface area contributed by atoms with Gasteiger partial charge in [-0.25, -0.2) is 0 Å². The van der Waals surface area contributed by atoms with Crippen molar-refractivity contribution in [1.82, 2.24) is 10.3 Å². The van der Waals surface area contributed by atoms with E-state index in [2.05, 4.69) is 47.6 Å². The van der Waals surface area contributed by atoms with Crippen LogP contribution < -0.4 is 5.32 Å². The van der Waals surface area contributed by atoms with Crippen molar-refractivity contribution < 1.29 is 0 Å². The molecule has 0 unspecified atom stereocenters. The summed E-state index contributed by atoms with van der Waals surface area (Å²) in [6.07, 6.45) is 10.4. The summed E-state index contributed by atoms with van der Waals surface area (Å²) in [6, 6.07) is 11.2. The van der Waals surface area contributed by atoms with Crippen LogP contribution in [0.1, 0.15) is 51.0 Å². The normalized spacial score (nSPS) is 18.5. The van der Waals surface area contributed by atoms with Crippen molar-refractivity contribution in [2.24, 2.45) is 5.92 Å². The first-order chi connectivity index (χ1) is 10.3. The molecule has 0 spiro atoms. The average molecular weight is 282 g/mol. The number of benzene rings is 1. The Hall–Kier alpha value is -1.41. The fourth-order valence-electron chi connectivity index (χ4n) is 3.56. The topological polar surface area (TPSA) is 24.9 Å². The number of hydrogen-bond donors (Lipinski definition) is 1. The van der Waals surface area contributed by atoms with Crippen molar-refractivity contribution >= 4 is 10.9 Å². The van der Waals surface area contributed by atoms with E-state index in [0.717, 1.165) is 18.0 Å². The van der Waals surface area contributed by atoms with Gasteiger partial charge in [-0.15, -0.1) is 0 Å². The zero-order valence-electron chi connectivity index (χ0n) is 13.0. The van der Waals surface area contributed by atoms with Crippen LogP contribution >= 0.6 is 0 Å². The second-order valence-corrected chi connectivity index (χ2v) is 6.41. The minimum atomic E-state index is 0.607. The third-order valence-corrected chi connectivity index (χ3v) is 4.96. The van der Waals surface area contributed by atoms with Crippen LogP contribution in [-0.2, 0) is 6.54 Å². The van der Waals surface area contributed by atoms with Crippen molar-refractivity contribution in [2.45, 2.75) is 58.0 Å². The van der Waals surface area contributed by atoms with Gasteiger partial charge in [0, 0.05) is 24.2 Å². The van der Waals surface area contributed by atoms with E-state index in [1.165, 1.54) is 49.5 Å². The minimum Gasteiger partial charge on any atom is -0.310 e. The number of pyridine rings is 1. The van der Waals surface area contributed by atoms with E-state index in [0.29, 0.717) is 6.04 Å². The summed E-state index contributed by atoms with van der Waals surface area (Å²) in [5, 5.41) is 5.04. The number of nitrogens with one attached hydrogen (secondary N) is 1. The predicted molar refractivity (Wildman–Crippen MR) is 89.2 cm³/mol. The predicted octanol–water partition coefficient (Wildman–Crippen LogP) is 4.68. The summed E-state index contributed by atoms with van der Waals surface area (Å²) in [5.41, 5.74) is 2.46. The van der Waals surface area contributed by atoms with Crippen molar-refractivity contribution in [2.75, 3.05) is 0 Å². The first-order valence-corrected chi connectivity index (χ1v) is 8.40. The van der Waals surface area contributed by atoms with Crippen LogP contribution in [0.4, 0.5) is 0 Å². The summed E-state index contributed by atoms with van der Waals surface area (Å²) in [7, 11) is 0. The maximum Gasteiger partial charge on any atom is 0.0705 e. The second-order valence-electron chi connectivity index (χ2n) is 6.41. The molecule has 1 fully saturated rings. The summed E-state index contributed by atoms with van der Waals surface area (Å²) < 4.78 is 0. The molecule has 1 aromatic heterocycles. The lowest BCUT2D eigenvalue weighted by atomic mass is 9.93. The Morgan fingerprint density at radius 2 is 1.86 bits per heavy atom. The van der Waals surface area contributed by atoms with Gasteiger partial charge in [0.1, 0.15) is 0 Å². The molecule has 1 saturated carbocycles. The van der Waals surface area contributed by atoms with Gasteiger partial charge in [-0.3, -0.25) is 4.98 Å². The Balaban J connectivity index is 1.65. The highest BCUT2D eigenvalue weighted by atomic mass is 14.9. The molecule has 3 rings (SSSR count). The lowest BCUT2D eigenvalue weighted by molar-refractivity contribution is 0.337. The molecule has 0 aliphatic heterocycles. The van der Waals surface area contributed by atoms with E-state index in [-0.39, 0.29) is 0 Å². The smallest absolute Gasteiger partial charge is 0.0705 e. The zero-order chi connectivity index (χ0) is 14.5. The fourth-order valence-corrected chi connectivity index (χ4v) is 3.56. The Bertz CT molecular complexity index is 565. The Morgan fingerprint density at radius 3 is 2.67 bits per heavy atom. The summed E-state index contributed by atoms with van der Waals surface area (Å²) in [5.74, 6) is 0.848. The molecule has 0 radical (unpaired) electrons. The number of aromatic nitrogens is 1. The Morgan fingerprint density at radius 1 is 1.10 bits per heavy atom. The first-order valence-electron chi connectivity index (χ1n) is 8.40. The van der Waals surface area contributed by atoms with Gasteiger partial charge in [0.15, 0.2) is 0 Å². The van der Waals surface area contributed by atoms with E-state index < -0.39 is 0 Å². The van der Waals surface area contributed by atoms with Crippen molar-refractivity contribution in [3.63, 3.8) is 0 Å². The van der Waals surface area contributed by atoms with Gasteiger partial charge >= 0.3 is 0 Å². The van der Waals surface area contributed by atoms with Crippen LogP contribution in [-0.4, -0.2) is 11.0 Å². The molecule has 0 amide bonds. The Labute approximate surface area is 128 Å². The average Bonchev–Trinajstić information content (AvgIpc) is 2.82. The fraction of sp³-hybridized carbons (Fsp3) is 0.526. The third kappa shape index (κ3) is 3.62. The van der Waals surface area contributed by atoms with Crippen LogP contribution in [0.25, 0.3) is 10.9 Å². The molecular formula is C19H26N2. The number of nitrogens with zero attached hydrogens (tertiary/aromatic N) is 1. The molecule has 2 heteroatoms. The molecular weight excluding hydrogens is 256 g/mol. The van der Waals surface area contributed by atoms with Crippen LogP contribution in [0, 0.1) is 5.92 Å². The van der Waals surface area contributed by atoms with E-state index >= 15 is 0 Å². The second kappa shape index (κ2) is 7.04. The van der Waals surface area contributed by atoms with E-state index in [1.807, 2.05) is 6.20 Å². The highest BCUT2D eigenvalue weighted by molar-refractivity contribution is 5.81. The summed E-state index contributed by atoms with van der Waals surface area (Å²) in [6.45, 7) is 3.31. The Kier molecular flexibility index (Phi) is 4.87. The van der Waals surface area contributed by atoms with E-state index in [9.17, 15) is 0 Å². The van der Waals surface area contributed by atoms with Gasteiger partial charge in [-0.05, 0) is 43.4 Å². The summed E-state index contributed by atoms with van der Waals surface area (Å²) in [4.78, 5) is 4.44. The molecule has 1 aliphatic carbocycles. The third-order valence-electron chi connectivity index (χ3n) is 4.96. The molecule has 2 aromatic rings. The van der Waals surface area contributed by atoms with Gasteiger partial charge in [-0.1, -0.05) is 43.9 Å². The summed E-state index contributed by atoms with van der Waals surface area (Å²) >= 11 is 0. The van der Waals surface area contributed by atoms with Gasteiger partial charge < -0.3 is 5.32 Å². The number of hydrogen-bond acceptors (Lipinski definition) is 2. The molecule has 1 heterocycles. The monoisotopic (exact) mass is 282 g/mol. The molecule has 1 aromatic carbocycles. The number of para-hydroxylation sites is 1. The lowest BCUT2D eigenvalue weighted by Crippen LogP contribution is -2.33. The van der Waals surface area contributed by atoms with E-state index in [1.54, 1.807) is 0 Å². The zero-order valence-corrected chi connectivity index (χ0v) is 13.0. The minimum absolute atomic E-state index is 0.607. The van der Waals surface area contributed by atoms with Gasteiger partial charge in [0.2, 0.25) is 0 Å². The molecule has 0 bridgehead atoms. The van der Waals surface area contributed by atoms with Crippen molar-refractivity contribution in [3.8, 4) is 0 Å². The van der Waals surface area contributed by atoms with Gasteiger partial charge in [0.05, 0.1) is 5.52 Å². The molecule has 1 atom stereocenters. The quantitative estimate of drug-likeness (QED) is 0.823. The standard InChI is InChI=1S/C19H26N2/c1-15(16-8-4-2-3-5-9-16)21-14-17-12-13-20-19-11-7-6-10-18(17)19/h6-7,10-13,15-16,21H,2-5,8-9,14H2,1H3/t15-/m0/s1. The highest BCUT2D eigenvalue weighted by Gasteiger charge is 2.18. The van der Waals surface area contributed by atoms with Crippen LogP contribution in [0.15, 0.2) is 36.5 Å². The largest absolute Gasteiger partial charge is 0.310 e. The van der Waals surface area contributed by atoms with Gasteiger partial charge in [0.25, 0.3) is 0 Å². The van der Waals surface area contributed by atoms with Crippen molar-refractivity contribution in [3.05, 3.63) is 42.1 Å². The van der Waals surface area contributed by atoms with Crippen LogP contribution in [0.2, 0.25) is 0 Å². The van der Waals surface area contributed by atoms with E-state index in [4.69, 9.17) is 0 Å². The molecule has 0 saturated heterocycles. The molecule has 1 aliphatic rings.